The van der Waals surface area contributed by atoms with E-state index in [1.807, 2.05) is 6.07 Å². The molecule has 0 spiro atoms. The van der Waals surface area contributed by atoms with Gasteiger partial charge in [0.15, 0.2) is 5.96 Å². The third kappa shape index (κ3) is 2.89. The van der Waals surface area contributed by atoms with Crippen LogP contribution in [-0.4, -0.2) is 19.0 Å². The maximum absolute atomic E-state index is 9.02. The topological polar surface area (TPSA) is 136 Å². The van der Waals surface area contributed by atoms with Crippen LogP contribution < -0.4 is 21.9 Å². The lowest BCUT2D eigenvalue weighted by Crippen LogP contribution is -2.26. The second-order valence-corrected chi connectivity index (χ2v) is 3.41. The molecule has 0 aliphatic heterocycles. The highest BCUT2D eigenvalue weighted by Gasteiger charge is 2.10. The molecule has 1 aromatic carbocycles. The normalized spacial score (nSPS) is 10.6. The first kappa shape index (κ1) is 13.3. The number of ether oxygens (including phenoxy) is 1. The molecule has 7 heteroatoms. The molecule has 7 nitrogen and oxygen atoms in total. The van der Waals surface area contributed by atoms with Gasteiger partial charge in [0.25, 0.3) is 0 Å². The van der Waals surface area contributed by atoms with E-state index >= 15 is 0 Å². The van der Waals surface area contributed by atoms with Gasteiger partial charge in [0.05, 0.1) is 18.4 Å². The zero-order chi connectivity index (χ0) is 13.7. The van der Waals surface area contributed by atoms with Crippen molar-refractivity contribution >= 4 is 17.6 Å². The standard InChI is InChI=1S/C11H14N6O/c1-6-8(18-2)4-3-7(5-12)9(6)16-11(15)17-10(13)14/h3-4H,1-2H3,(H6,13,14,15,16,17). The van der Waals surface area contributed by atoms with Gasteiger partial charge in [-0.05, 0) is 19.1 Å². The zero-order valence-electron chi connectivity index (χ0n) is 10.1. The smallest absolute Gasteiger partial charge is 0.223 e. The number of benzene rings is 1. The van der Waals surface area contributed by atoms with Gasteiger partial charge in [-0.15, -0.1) is 0 Å². The largest absolute Gasteiger partial charge is 0.496 e. The lowest BCUT2D eigenvalue weighted by Gasteiger charge is -2.08. The Morgan fingerprint density at radius 1 is 1.33 bits per heavy atom. The van der Waals surface area contributed by atoms with E-state index in [1.165, 1.54) is 7.11 Å². The van der Waals surface area contributed by atoms with Crippen LogP contribution in [-0.2, 0) is 0 Å². The molecule has 0 bridgehead atoms. The summed E-state index contributed by atoms with van der Waals surface area (Å²) in [5.41, 5.74) is 17.4. The molecular formula is C11H14N6O. The quantitative estimate of drug-likeness (QED) is 0.502. The molecule has 94 valence electrons. The molecule has 1 aromatic rings. The molecule has 0 saturated heterocycles. The predicted molar refractivity (Wildman–Crippen MR) is 69.5 cm³/mol. The molecular weight excluding hydrogens is 232 g/mol. The second kappa shape index (κ2) is 5.54. The molecule has 0 saturated carbocycles. The number of aliphatic imine (C=N–C) groups is 2. The highest BCUT2D eigenvalue weighted by atomic mass is 16.5. The van der Waals surface area contributed by atoms with Gasteiger partial charge in [-0.1, -0.05) is 0 Å². The molecule has 6 N–H and O–H groups in total. The van der Waals surface area contributed by atoms with Crippen LogP contribution in [0.2, 0.25) is 0 Å². The van der Waals surface area contributed by atoms with Crippen LogP contribution in [0.25, 0.3) is 0 Å². The van der Waals surface area contributed by atoms with Gasteiger partial charge in [0.2, 0.25) is 5.96 Å². The first-order valence-corrected chi connectivity index (χ1v) is 5.01. The molecule has 0 radical (unpaired) electrons. The number of methoxy groups -OCH3 is 1. The number of nitrogens with zero attached hydrogens (tertiary/aromatic N) is 3. The van der Waals surface area contributed by atoms with E-state index < -0.39 is 0 Å². The van der Waals surface area contributed by atoms with Gasteiger partial charge >= 0.3 is 0 Å². The van der Waals surface area contributed by atoms with Gasteiger partial charge in [0, 0.05) is 5.56 Å². The Kier molecular flexibility index (Phi) is 4.10. The molecule has 0 fully saturated rings. The Morgan fingerprint density at radius 3 is 2.50 bits per heavy atom. The molecule has 1 rings (SSSR count). The van der Waals surface area contributed by atoms with Crippen molar-refractivity contribution in [3.8, 4) is 11.8 Å². The first-order chi connectivity index (χ1) is 8.49. The van der Waals surface area contributed by atoms with Crippen molar-refractivity contribution in [3.05, 3.63) is 23.3 Å². The van der Waals surface area contributed by atoms with Crippen molar-refractivity contribution in [3.63, 3.8) is 0 Å². The summed E-state index contributed by atoms with van der Waals surface area (Å²) in [6.45, 7) is 1.77. The van der Waals surface area contributed by atoms with E-state index in [1.54, 1.807) is 19.1 Å². The SMILES string of the molecule is COc1ccc(C#N)c(N=C(N)N=C(N)N)c1C. The average Bonchev–Trinajstić information content (AvgIpc) is 2.30. The Hall–Kier alpha value is -2.75. The lowest BCUT2D eigenvalue weighted by molar-refractivity contribution is 0.412. The fourth-order valence-corrected chi connectivity index (χ4v) is 1.41. The minimum absolute atomic E-state index is 0.122. The molecule has 0 aliphatic rings. The Labute approximate surface area is 105 Å². The Morgan fingerprint density at radius 2 is 2.00 bits per heavy atom. The molecule has 18 heavy (non-hydrogen) atoms. The number of hydrogen-bond acceptors (Lipinski definition) is 3. The molecule has 0 unspecified atom stereocenters. The van der Waals surface area contributed by atoms with Crippen molar-refractivity contribution in [1.82, 2.24) is 0 Å². The minimum Gasteiger partial charge on any atom is -0.496 e. The van der Waals surface area contributed by atoms with Crippen molar-refractivity contribution in [2.24, 2.45) is 27.2 Å². The van der Waals surface area contributed by atoms with Crippen molar-refractivity contribution in [1.29, 1.82) is 5.26 Å². The number of guanidine groups is 2. The van der Waals surface area contributed by atoms with Crippen LogP contribution in [0.1, 0.15) is 11.1 Å². The van der Waals surface area contributed by atoms with E-state index in [0.717, 1.165) is 0 Å². The minimum atomic E-state index is -0.199. The van der Waals surface area contributed by atoms with Crippen molar-refractivity contribution in [2.75, 3.05) is 7.11 Å². The summed E-state index contributed by atoms with van der Waals surface area (Å²) in [6.07, 6.45) is 0. The molecule has 0 atom stereocenters. The number of nitrogens with two attached hydrogens (primary N) is 3. The molecule has 0 amide bonds. The maximum Gasteiger partial charge on any atom is 0.223 e. The van der Waals surface area contributed by atoms with Gasteiger partial charge in [-0.3, -0.25) is 0 Å². The van der Waals surface area contributed by atoms with E-state index in [-0.39, 0.29) is 11.9 Å². The molecule has 0 aliphatic carbocycles. The van der Waals surface area contributed by atoms with Crippen LogP contribution in [0.15, 0.2) is 22.1 Å². The monoisotopic (exact) mass is 246 g/mol. The van der Waals surface area contributed by atoms with Gasteiger partial charge in [-0.25, -0.2) is 4.99 Å². The summed E-state index contributed by atoms with van der Waals surface area (Å²) >= 11 is 0. The summed E-state index contributed by atoms with van der Waals surface area (Å²) in [6, 6.07) is 5.29. The third-order valence-electron chi connectivity index (χ3n) is 2.19. The highest BCUT2D eigenvalue weighted by Crippen LogP contribution is 2.31. The highest BCUT2D eigenvalue weighted by molar-refractivity contribution is 5.94. The Bertz CT molecular complexity index is 551. The van der Waals surface area contributed by atoms with Gasteiger partial charge in [-0.2, -0.15) is 10.3 Å². The van der Waals surface area contributed by atoms with E-state index in [9.17, 15) is 0 Å². The fourth-order valence-electron chi connectivity index (χ4n) is 1.41. The maximum atomic E-state index is 9.02. The van der Waals surface area contributed by atoms with Crippen molar-refractivity contribution in [2.45, 2.75) is 6.92 Å². The zero-order valence-corrected chi connectivity index (χ0v) is 10.1. The van der Waals surface area contributed by atoms with Crippen molar-refractivity contribution < 1.29 is 4.74 Å². The Balaban J connectivity index is 3.39. The van der Waals surface area contributed by atoms with Crippen LogP contribution in [0.4, 0.5) is 5.69 Å². The molecule has 0 heterocycles. The predicted octanol–water partition coefficient (Wildman–Crippen LogP) is 0.0949. The van der Waals surface area contributed by atoms with E-state index in [0.29, 0.717) is 22.6 Å². The fraction of sp³-hybridized carbons (Fsp3) is 0.182. The lowest BCUT2D eigenvalue weighted by atomic mass is 10.1. The summed E-state index contributed by atoms with van der Waals surface area (Å²) in [5, 5.41) is 9.02. The summed E-state index contributed by atoms with van der Waals surface area (Å²) in [4.78, 5) is 7.62. The number of rotatable bonds is 2. The summed E-state index contributed by atoms with van der Waals surface area (Å²) in [5.74, 6) is 0.281. The van der Waals surface area contributed by atoms with Crippen LogP contribution in [0.3, 0.4) is 0 Å². The van der Waals surface area contributed by atoms with E-state index in [2.05, 4.69) is 9.98 Å². The van der Waals surface area contributed by atoms with Gasteiger partial charge in [0.1, 0.15) is 11.8 Å². The van der Waals surface area contributed by atoms with Crippen LogP contribution >= 0.6 is 0 Å². The number of nitriles is 1. The van der Waals surface area contributed by atoms with Crippen LogP contribution in [0.5, 0.6) is 5.75 Å². The average molecular weight is 246 g/mol. The third-order valence-corrected chi connectivity index (χ3v) is 2.19. The molecule has 0 aromatic heterocycles. The van der Waals surface area contributed by atoms with E-state index in [4.69, 9.17) is 27.2 Å². The summed E-state index contributed by atoms with van der Waals surface area (Å²) in [7, 11) is 1.53. The summed E-state index contributed by atoms with van der Waals surface area (Å²) < 4.78 is 5.14. The second-order valence-electron chi connectivity index (χ2n) is 3.41. The first-order valence-electron chi connectivity index (χ1n) is 5.01. The number of hydrogen-bond donors (Lipinski definition) is 3. The van der Waals surface area contributed by atoms with Crippen LogP contribution in [0, 0.1) is 18.3 Å². The van der Waals surface area contributed by atoms with Gasteiger partial charge < -0.3 is 21.9 Å².